The van der Waals surface area contributed by atoms with E-state index in [-0.39, 0.29) is 6.10 Å². The Labute approximate surface area is 110 Å². The lowest BCUT2D eigenvalue weighted by molar-refractivity contribution is 0.114. The number of aliphatic hydroxyl groups is 1. The number of aromatic nitrogens is 1. The fraction of sp³-hybridized carbons (Fsp3) is 0.643. The van der Waals surface area contributed by atoms with Gasteiger partial charge in [0, 0.05) is 13.1 Å². The van der Waals surface area contributed by atoms with Crippen LogP contribution in [0.3, 0.4) is 0 Å². The molecule has 4 nitrogen and oxygen atoms in total. The van der Waals surface area contributed by atoms with Crippen LogP contribution in [0.4, 0.5) is 11.6 Å². The van der Waals surface area contributed by atoms with Crippen molar-refractivity contribution in [2.24, 2.45) is 5.92 Å². The molecule has 3 N–H and O–H groups in total. The third-order valence-corrected chi connectivity index (χ3v) is 3.19. The molecule has 0 fully saturated rings. The first-order valence-electron chi connectivity index (χ1n) is 6.84. The SMILES string of the molecule is CCNc1cccc(NCC(O)C(CC)CC)n1. The number of aliphatic hydroxyl groups excluding tert-OH is 1. The second kappa shape index (κ2) is 7.93. The van der Waals surface area contributed by atoms with Gasteiger partial charge in [-0.3, -0.25) is 0 Å². The Balaban J connectivity index is 2.49. The minimum absolute atomic E-state index is 0.315. The summed E-state index contributed by atoms with van der Waals surface area (Å²) in [6.07, 6.45) is 1.69. The van der Waals surface area contributed by atoms with E-state index in [0.717, 1.165) is 31.0 Å². The Morgan fingerprint density at radius 2 is 1.72 bits per heavy atom. The van der Waals surface area contributed by atoms with Gasteiger partial charge in [0.05, 0.1) is 6.10 Å². The molecule has 0 amide bonds. The highest BCUT2D eigenvalue weighted by atomic mass is 16.3. The molecule has 1 heterocycles. The van der Waals surface area contributed by atoms with Crippen molar-refractivity contribution in [1.82, 2.24) is 4.98 Å². The van der Waals surface area contributed by atoms with Gasteiger partial charge in [-0.2, -0.15) is 0 Å². The molecule has 1 aromatic heterocycles. The molecule has 0 saturated heterocycles. The fourth-order valence-electron chi connectivity index (χ4n) is 2.02. The molecule has 0 saturated carbocycles. The third kappa shape index (κ3) is 4.53. The smallest absolute Gasteiger partial charge is 0.128 e. The Morgan fingerprint density at radius 3 is 2.28 bits per heavy atom. The second-order valence-electron chi connectivity index (χ2n) is 4.46. The van der Waals surface area contributed by atoms with Gasteiger partial charge in [-0.25, -0.2) is 4.98 Å². The summed E-state index contributed by atoms with van der Waals surface area (Å²) in [5, 5.41) is 16.4. The molecule has 0 bridgehead atoms. The molecule has 1 rings (SSSR count). The molecule has 1 aromatic rings. The van der Waals surface area contributed by atoms with Gasteiger partial charge in [-0.1, -0.05) is 32.8 Å². The van der Waals surface area contributed by atoms with Gasteiger partial charge in [0.15, 0.2) is 0 Å². The summed E-state index contributed by atoms with van der Waals surface area (Å²) < 4.78 is 0. The summed E-state index contributed by atoms with van der Waals surface area (Å²) in [6.45, 7) is 7.67. The number of anilines is 2. The molecule has 0 aromatic carbocycles. The van der Waals surface area contributed by atoms with E-state index in [1.54, 1.807) is 0 Å². The van der Waals surface area contributed by atoms with Crippen LogP contribution < -0.4 is 10.6 Å². The minimum atomic E-state index is -0.315. The lowest BCUT2D eigenvalue weighted by Crippen LogP contribution is -2.28. The Hall–Kier alpha value is -1.29. The van der Waals surface area contributed by atoms with E-state index in [9.17, 15) is 5.11 Å². The van der Waals surface area contributed by atoms with Gasteiger partial charge in [0.25, 0.3) is 0 Å². The van der Waals surface area contributed by atoms with Crippen molar-refractivity contribution in [3.05, 3.63) is 18.2 Å². The van der Waals surface area contributed by atoms with E-state index in [4.69, 9.17) is 0 Å². The van der Waals surface area contributed by atoms with Gasteiger partial charge in [0.1, 0.15) is 11.6 Å². The van der Waals surface area contributed by atoms with Crippen molar-refractivity contribution >= 4 is 11.6 Å². The van der Waals surface area contributed by atoms with E-state index < -0.39 is 0 Å². The normalized spacial score (nSPS) is 12.5. The van der Waals surface area contributed by atoms with Gasteiger partial charge in [0.2, 0.25) is 0 Å². The zero-order valence-corrected chi connectivity index (χ0v) is 11.6. The van der Waals surface area contributed by atoms with E-state index in [0.29, 0.717) is 12.5 Å². The maximum atomic E-state index is 10.0. The van der Waals surface area contributed by atoms with Crippen LogP contribution in [0.15, 0.2) is 18.2 Å². The van der Waals surface area contributed by atoms with Crippen LogP contribution in [-0.2, 0) is 0 Å². The topological polar surface area (TPSA) is 57.2 Å². The average molecular weight is 251 g/mol. The van der Waals surface area contributed by atoms with E-state index in [2.05, 4.69) is 29.5 Å². The Kier molecular flexibility index (Phi) is 6.50. The highest BCUT2D eigenvalue weighted by Crippen LogP contribution is 2.14. The molecule has 0 radical (unpaired) electrons. The molecule has 4 heteroatoms. The van der Waals surface area contributed by atoms with Crippen LogP contribution in [0.5, 0.6) is 0 Å². The molecule has 102 valence electrons. The molecular formula is C14H25N3O. The Morgan fingerprint density at radius 1 is 1.11 bits per heavy atom. The number of rotatable bonds is 8. The zero-order valence-electron chi connectivity index (χ0n) is 11.6. The van der Waals surface area contributed by atoms with Gasteiger partial charge < -0.3 is 15.7 Å². The van der Waals surface area contributed by atoms with Crippen molar-refractivity contribution in [2.45, 2.75) is 39.7 Å². The van der Waals surface area contributed by atoms with Crippen LogP contribution in [0, 0.1) is 5.92 Å². The molecule has 1 atom stereocenters. The van der Waals surface area contributed by atoms with Crippen molar-refractivity contribution in [3.63, 3.8) is 0 Å². The lowest BCUT2D eigenvalue weighted by Gasteiger charge is -2.20. The maximum Gasteiger partial charge on any atom is 0.128 e. The van der Waals surface area contributed by atoms with Gasteiger partial charge in [-0.15, -0.1) is 0 Å². The van der Waals surface area contributed by atoms with Crippen molar-refractivity contribution < 1.29 is 5.11 Å². The number of hydrogen-bond acceptors (Lipinski definition) is 4. The van der Waals surface area contributed by atoms with E-state index >= 15 is 0 Å². The molecule has 18 heavy (non-hydrogen) atoms. The van der Waals surface area contributed by atoms with Gasteiger partial charge >= 0.3 is 0 Å². The lowest BCUT2D eigenvalue weighted by atomic mass is 9.97. The molecule has 0 aliphatic rings. The monoisotopic (exact) mass is 251 g/mol. The van der Waals surface area contributed by atoms with Crippen LogP contribution in [0.1, 0.15) is 33.6 Å². The molecule has 1 unspecified atom stereocenters. The quantitative estimate of drug-likeness (QED) is 0.665. The minimum Gasteiger partial charge on any atom is -0.391 e. The number of nitrogens with zero attached hydrogens (tertiary/aromatic N) is 1. The second-order valence-corrected chi connectivity index (χ2v) is 4.46. The van der Waals surface area contributed by atoms with Crippen LogP contribution >= 0.6 is 0 Å². The molecule has 0 aliphatic heterocycles. The number of pyridine rings is 1. The Bertz CT molecular complexity index is 340. The van der Waals surface area contributed by atoms with Crippen LogP contribution in [0.2, 0.25) is 0 Å². The molecule has 0 spiro atoms. The predicted octanol–water partition coefficient (Wildman–Crippen LogP) is 2.72. The summed E-state index contributed by atoms with van der Waals surface area (Å²) in [7, 11) is 0. The summed E-state index contributed by atoms with van der Waals surface area (Å²) in [6, 6.07) is 5.81. The fourth-order valence-corrected chi connectivity index (χ4v) is 2.02. The maximum absolute atomic E-state index is 10.0. The first-order valence-corrected chi connectivity index (χ1v) is 6.84. The predicted molar refractivity (Wildman–Crippen MR) is 77.0 cm³/mol. The highest BCUT2D eigenvalue weighted by Gasteiger charge is 2.14. The summed E-state index contributed by atoms with van der Waals surface area (Å²) in [4.78, 5) is 4.41. The van der Waals surface area contributed by atoms with Gasteiger partial charge in [-0.05, 0) is 25.0 Å². The number of hydrogen-bond donors (Lipinski definition) is 3. The average Bonchev–Trinajstić information content (AvgIpc) is 2.39. The van der Waals surface area contributed by atoms with E-state index in [1.165, 1.54) is 0 Å². The zero-order chi connectivity index (χ0) is 13.4. The highest BCUT2D eigenvalue weighted by molar-refractivity contribution is 5.45. The standard InChI is InChI=1S/C14H25N3O/c1-4-11(5-2)12(18)10-16-14-9-7-8-13(17-14)15-6-3/h7-9,11-12,18H,4-6,10H2,1-3H3,(H2,15,16,17). The first-order chi connectivity index (χ1) is 8.71. The molecular weight excluding hydrogens is 226 g/mol. The number of nitrogens with one attached hydrogen (secondary N) is 2. The van der Waals surface area contributed by atoms with Crippen molar-refractivity contribution in [3.8, 4) is 0 Å². The van der Waals surface area contributed by atoms with Crippen molar-refractivity contribution in [2.75, 3.05) is 23.7 Å². The summed E-state index contributed by atoms with van der Waals surface area (Å²) >= 11 is 0. The van der Waals surface area contributed by atoms with E-state index in [1.807, 2.05) is 25.1 Å². The largest absolute Gasteiger partial charge is 0.391 e. The van der Waals surface area contributed by atoms with Crippen LogP contribution in [-0.4, -0.2) is 29.3 Å². The summed E-state index contributed by atoms with van der Waals surface area (Å²) in [5.41, 5.74) is 0. The third-order valence-electron chi connectivity index (χ3n) is 3.19. The van der Waals surface area contributed by atoms with Crippen LogP contribution in [0.25, 0.3) is 0 Å². The summed E-state index contributed by atoms with van der Waals surface area (Å²) in [5.74, 6) is 2.02. The molecule has 0 aliphatic carbocycles. The first kappa shape index (κ1) is 14.8. The van der Waals surface area contributed by atoms with Crippen molar-refractivity contribution in [1.29, 1.82) is 0 Å².